The van der Waals surface area contributed by atoms with E-state index in [2.05, 4.69) is 4.90 Å². The molecule has 3 rings (SSSR count). The van der Waals surface area contributed by atoms with Gasteiger partial charge in [-0.2, -0.15) is 0 Å². The van der Waals surface area contributed by atoms with Crippen molar-refractivity contribution in [2.75, 3.05) is 38.2 Å². The molecule has 8 heteroatoms. The molecular weight excluding hydrogens is 353 g/mol. The number of nitro groups is 1. The SMILES string of the molecule is COC(=O)c1cccc([N+](=O)[O-])c1C[NH+]1CCN(c2ccc(F)cc2)CC1. The van der Waals surface area contributed by atoms with Crippen LogP contribution in [0.25, 0.3) is 0 Å². The summed E-state index contributed by atoms with van der Waals surface area (Å²) in [7, 11) is 1.26. The third kappa shape index (κ3) is 4.22. The Kier molecular flexibility index (Phi) is 5.66. The number of halogens is 1. The lowest BCUT2D eigenvalue weighted by Crippen LogP contribution is -3.13. The number of hydrogen-bond donors (Lipinski definition) is 1. The van der Waals surface area contributed by atoms with Crippen molar-refractivity contribution in [2.24, 2.45) is 0 Å². The van der Waals surface area contributed by atoms with Crippen LogP contribution in [0, 0.1) is 15.9 Å². The van der Waals surface area contributed by atoms with E-state index in [9.17, 15) is 19.3 Å². The third-order valence-electron chi connectivity index (χ3n) is 4.84. The van der Waals surface area contributed by atoms with Crippen molar-refractivity contribution in [1.29, 1.82) is 0 Å². The highest BCUT2D eigenvalue weighted by Crippen LogP contribution is 2.22. The van der Waals surface area contributed by atoms with Gasteiger partial charge in [0.25, 0.3) is 5.69 Å². The van der Waals surface area contributed by atoms with E-state index < -0.39 is 10.9 Å². The van der Waals surface area contributed by atoms with Crippen LogP contribution in [0.1, 0.15) is 15.9 Å². The lowest BCUT2D eigenvalue weighted by molar-refractivity contribution is -0.914. The van der Waals surface area contributed by atoms with Crippen LogP contribution < -0.4 is 9.80 Å². The standard InChI is InChI=1S/C19H20FN3O4/c1-27-19(24)16-3-2-4-18(23(25)26)17(16)13-21-9-11-22(12-10-21)15-7-5-14(20)6-8-15/h2-8H,9-13H2,1H3/p+1. The molecule has 0 bridgehead atoms. The molecule has 0 unspecified atom stereocenters. The molecular formula is C19H21FN3O4+. The van der Waals surface area contributed by atoms with Crippen molar-refractivity contribution in [1.82, 2.24) is 0 Å². The minimum atomic E-state index is -0.571. The van der Waals surface area contributed by atoms with Crippen molar-refractivity contribution < 1.29 is 23.7 Å². The molecule has 27 heavy (non-hydrogen) atoms. The molecule has 2 aromatic rings. The molecule has 142 valence electrons. The van der Waals surface area contributed by atoms with Gasteiger partial charge in [0, 0.05) is 11.8 Å². The monoisotopic (exact) mass is 374 g/mol. The smallest absolute Gasteiger partial charge is 0.338 e. The molecule has 1 N–H and O–H groups in total. The molecule has 1 aliphatic heterocycles. The van der Waals surface area contributed by atoms with Crippen molar-refractivity contribution in [3.05, 3.63) is 69.5 Å². The zero-order chi connectivity index (χ0) is 19.4. The van der Waals surface area contributed by atoms with Crippen LogP contribution in [-0.4, -0.2) is 44.2 Å². The van der Waals surface area contributed by atoms with Gasteiger partial charge in [-0.1, -0.05) is 6.07 Å². The van der Waals surface area contributed by atoms with E-state index in [0.717, 1.165) is 36.8 Å². The molecule has 0 atom stereocenters. The number of nitro benzene ring substituents is 1. The molecule has 1 saturated heterocycles. The van der Waals surface area contributed by atoms with Gasteiger partial charge in [0.15, 0.2) is 0 Å². The summed E-state index contributed by atoms with van der Waals surface area (Å²) in [5.41, 5.74) is 1.53. The Balaban J connectivity index is 1.74. The number of nitrogens with zero attached hydrogens (tertiary/aromatic N) is 2. The molecule has 7 nitrogen and oxygen atoms in total. The third-order valence-corrected chi connectivity index (χ3v) is 4.84. The first-order valence-corrected chi connectivity index (χ1v) is 8.68. The van der Waals surface area contributed by atoms with Crippen molar-refractivity contribution in [2.45, 2.75) is 6.54 Å². The second kappa shape index (κ2) is 8.13. The zero-order valence-electron chi connectivity index (χ0n) is 15.0. The van der Waals surface area contributed by atoms with E-state index in [1.807, 2.05) is 0 Å². The second-order valence-electron chi connectivity index (χ2n) is 6.44. The topological polar surface area (TPSA) is 77.1 Å². The number of benzene rings is 2. The van der Waals surface area contributed by atoms with Crippen molar-refractivity contribution in [3.8, 4) is 0 Å². The molecule has 0 spiro atoms. The molecule has 0 radical (unpaired) electrons. The number of ether oxygens (including phenoxy) is 1. The average molecular weight is 374 g/mol. The number of hydrogen-bond acceptors (Lipinski definition) is 5. The van der Waals surface area contributed by atoms with Crippen LogP contribution >= 0.6 is 0 Å². The van der Waals surface area contributed by atoms with Gasteiger partial charge < -0.3 is 14.5 Å². The van der Waals surface area contributed by atoms with Gasteiger partial charge in [-0.05, 0) is 30.3 Å². The minimum Gasteiger partial charge on any atom is -0.465 e. The summed E-state index contributed by atoms with van der Waals surface area (Å²) in [5.74, 6) is -0.840. The Hall–Kier alpha value is -3.00. The number of quaternary nitrogens is 1. The van der Waals surface area contributed by atoms with E-state index in [1.165, 1.54) is 31.4 Å². The van der Waals surface area contributed by atoms with Crippen LogP contribution in [0.4, 0.5) is 15.8 Å². The molecule has 1 fully saturated rings. The van der Waals surface area contributed by atoms with Gasteiger partial charge in [0.05, 0.1) is 49.3 Å². The number of carbonyl (C=O) groups is 1. The predicted molar refractivity (Wildman–Crippen MR) is 97.4 cm³/mol. The predicted octanol–water partition coefficient (Wildman–Crippen LogP) is 1.43. The number of piperazine rings is 1. The van der Waals surface area contributed by atoms with Crippen LogP contribution in [0.2, 0.25) is 0 Å². The first-order valence-electron chi connectivity index (χ1n) is 8.68. The van der Waals surface area contributed by atoms with Crippen LogP contribution in [-0.2, 0) is 11.3 Å². The zero-order valence-corrected chi connectivity index (χ0v) is 15.0. The van der Waals surface area contributed by atoms with E-state index in [0.29, 0.717) is 12.1 Å². The minimum absolute atomic E-state index is 0.0636. The van der Waals surface area contributed by atoms with Gasteiger partial charge in [-0.15, -0.1) is 0 Å². The lowest BCUT2D eigenvalue weighted by atomic mass is 10.0. The molecule has 1 heterocycles. The average Bonchev–Trinajstić information content (AvgIpc) is 2.68. The van der Waals surface area contributed by atoms with E-state index in [4.69, 9.17) is 4.74 Å². The number of methoxy groups -OCH3 is 1. The molecule has 0 amide bonds. The molecule has 2 aromatic carbocycles. The number of carbonyl (C=O) groups excluding carboxylic acids is 1. The first-order chi connectivity index (χ1) is 13.0. The van der Waals surface area contributed by atoms with Crippen molar-refractivity contribution >= 4 is 17.3 Å². The van der Waals surface area contributed by atoms with E-state index in [-0.39, 0.29) is 17.1 Å². The van der Waals surface area contributed by atoms with Crippen LogP contribution in [0.15, 0.2) is 42.5 Å². The van der Waals surface area contributed by atoms with Gasteiger partial charge in [-0.25, -0.2) is 9.18 Å². The largest absolute Gasteiger partial charge is 0.465 e. The molecule has 0 saturated carbocycles. The lowest BCUT2D eigenvalue weighted by Gasteiger charge is -2.33. The Labute approximate surface area is 156 Å². The summed E-state index contributed by atoms with van der Waals surface area (Å²) in [4.78, 5) is 26.3. The van der Waals surface area contributed by atoms with E-state index >= 15 is 0 Å². The van der Waals surface area contributed by atoms with Crippen molar-refractivity contribution in [3.63, 3.8) is 0 Å². The molecule has 0 aliphatic carbocycles. The maximum Gasteiger partial charge on any atom is 0.338 e. The number of esters is 1. The van der Waals surface area contributed by atoms with Gasteiger partial charge in [0.2, 0.25) is 0 Å². The second-order valence-corrected chi connectivity index (χ2v) is 6.44. The first kappa shape index (κ1) is 18.8. The fraction of sp³-hybridized carbons (Fsp3) is 0.316. The Morgan fingerprint density at radius 3 is 2.48 bits per heavy atom. The Morgan fingerprint density at radius 1 is 1.22 bits per heavy atom. The number of anilines is 1. The highest BCUT2D eigenvalue weighted by atomic mass is 19.1. The summed E-state index contributed by atoms with van der Waals surface area (Å²) < 4.78 is 17.9. The Morgan fingerprint density at radius 2 is 1.89 bits per heavy atom. The van der Waals surface area contributed by atoms with Gasteiger partial charge >= 0.3 is 5.97 Å². The van der Waals surface area contributed by atoms with Gasteiger partial charge in [-0.3, -0.25) is 10.1 Å². The maximum absolute atomic E-state index is 13.1. The summed E-state index contributed by atoms with van der Waals surface area (Å²) in [6.07, 6.45) is 0. The Bertz CT molecular complexity index is 833. The summed E-state index contributed by atoms with van der Waals surface area (Å²) in [5, 5.41) is 11.4. The highest BCUT2D eigenvalue weighted by Gasteiger charge is 2.28. The maximum atomic E-state index is 13.1. The number of rotatable bonds is 5. The van der Waals surface area contributed by atoms with Gasteiger partial charge in [0.1, 0.15) is 12.4 Å². The van der Waals surface area contributed by atoms with Crippen LogP contribution in [0.3, 0.4) is 0 Å². The summed E-state index contributed by atoms with van der Waals surface area (Å²) in [6.45, 7) is 3.37. The highest BCUT2D eigenvalue weighted by molar-refractivity contribution is 5.92. The summed E-state index contributed by atoms with van der Waals surface area (Å²) in [6, 6.07) is 10.8. The molecule has 1 aliphatic rings. The fourth-order valence-corrected chi connectivity index (χ4v) is 3.39. The molecule has 0 aromatic heterocycles. The summed E-state index contributed by atoms with van der Waals surface area (Å²) >= 11 is 0. The number of nitrogens with one attached hydrogen (secondary N) is 1. The normalized spacial score (nSPS) is 14.8. The van der Waals surface area contributed by atoms with Crippen LogP contribution in [0.5, 0.6) is 0 Å². The fourth-order valence-electron chi connectivity index (χ4n) is 3.39. The quantitative estimate of drug-likeness (QED) is 0.487. The van der Waals surface area contributed by atoms with E-state index in [1.54, 1.807) is 18.2 Å².